The molecule has 0 aromatic carbocycles. The summed E-state index contributed by atoms with van der Waals surface area (Å²) in [7, 11) is 0. The Bertz CT molecular complexity index is 459. The lowest BCUT2D eigenvalue weighted by Crippen LogP contribution is -2.31. The average molecular weight is 270 g/mol. The highest BCUT2D eigenvalue weighted by molar-refractivity contribution is 6.99. The number of aromatic nitrogens is 3. The SMILES string of the molecule is Cc1cnc(CNCC(O)COc2cnsn2)o1. The number of nitrogens with zero attached hydrogens (tertiary/aromatic N) is 3. The van der Waals surface area contributed by atoms with E-state index >= 15 is 0 Å². The summed E-state index contributed by atoms with van der Waals surface area (Å²) in [5, 5.41) is 12.7. The standard InChI is InChI=1S/C10H14N4O3S/c1-7-2-12-9(17-7)4-11-3-8(15)6-16-10-5-13-18-14-10/h2,5,8,11,15H,3-4,6H2,1H3. The highest BCUT2D eigenvalue weighted by atomic mass is 32.1. The van der Waals surface area contributed by atoms with Crippen LogP contribution in [-0.4, -0.2) is 38.1 Å². The first kappa shape index (κ1) is 12.9. The highest BCUT2D eigenvalue weighted by Crippen LogP contribution is 2.05. The zero-order chi connectivity index (χ0) is 12.8. The summed E-state index contributed by atoms with van der Waals surface area (Å²) in [6, 6.07) is 0. The molecule has 0 amide bonds. The third-order valence-electron chi connectivity index (χ3n) is 2.09. The summed E-state index contributed by atoms with van der Waals surface area (Å²) in [4.78, 5) is 4.04. The molecule has 2 aromatic rings. The van der Waals surface area contributed by atoms with Crippen LogP contribution in [0.25, 0.3) is 0 Å². The van der Waals surface area contributed by atoms with Crippen molar-refractivity contribution < 1.29 is 14.3 Å². The number of oxazole rings is 1. The molecule has 0 saturated carbocycles. The van der Waals surface area contributed by atoms with E-state index in [1.807, 2.05) is 6.92 Å². The first-order chi connectivity index (χ1) is 8.74. The average Bonchev–Trinajstić information content (AvgIpc) is 2.98. The number of hydrogen-bond donors (Lipinski definition) is 2. The molecule has 0 fully saturated rings. The predicted molar refractivity (Wildman–Crippen MR) is 64.4 cm³/mol. The summed E-state index contributed by atoms with van der Waals surface area (Å²) in [6.45, 7) is 2.87. The lowest BCUT2D eigenvalue weighted by Gasteiger charge is -2.10. The van der Waals surface area contributed by atoms with Gasteiger partial charge in [-0.3, -0.25) is 0 Å². The van der Waals surface area contributed by atoms with Gasteiger partial charge in [0, 0.05) is 6.54 Å². The first-order valence-corrected chi connectivity index (χ1v) is 6.17. The smallest absolute Gasteiger partial charge is 0.245 e. The molecule has 2 N–H and O–H groups in total. The Morgan fingerprint density at radius 2 is 2.44 bits per heavy atom. The molecule has 0 saturated heterocycles. The molecule has 2 heterocycles. The van der Waals surface area contributed by atoms with Crippen LogP contribution in [0.1, 0.15) is 11.7 Å². The number of nitrogens with one attached hydrogen (secondary N) is 1. The zero-order valence-electron chi connectivity index (χ0n) is 9.87. The lowest BCUT2D eigenvalue weighted by molar-refractivity contribution is 0.103. The van der Waals surface area contributed by atoms with Crippen LogP contribution >= 0.6 is 11.7 Å². The first-order valence-electron chi connectivity index (χ1n) is 5.44. The normalized spacial score (nSPS) is 12.6. The van der Waals surface area contributed by atoms with Gasteiger partial charge in [-0.15, -0.1) is 4.37 Å². The molecule has 0 aliphatic heterocycles. The van der Waals surface area contributed by atoms with Crippen LogP contribution in [0, 0.1) is 6.92 Å². The van der Waals surface area contributed by atoms with Crippen molar-refractivity contribution in [2.75, 3.05) is 13.2 Å². The van der Waals surface area contributed by atoms with E-state index in [9.17, 15) is 5.11 Å². The zero-order valence-corrected chi connectivity index (χ0v) is 10.7. The quantitative estimate of drug-likeness (QED) is 0.750. The van der Waals surface area contributed by atoms with E-state index < -0.39 is 6.10 Å². The molecule has 7 nitrogen and oxygen atoms in total. The molecule has 0 radical (unpaired) electrons. The van der Waals surface area contributed by atoms with Gasteiger partial charge in [0.2, 0.25) is 11.8 Å². The Hall–Kier alpha value is -1.51. The maximum Gasteiger partial charge on any atom is 0.245 e. The van der Waals surface area contributed by atoms with Gasteiger partial charge in [0.15, 0.2) is 0 Å². The minimum Gasteiger partial charge on any atom is -0.473 e. The van der Waals surface area contributed by atoms with E-state index in [4.69, 9.17) is 9.15 Å². The van der Waals surface area contributed by atoms with Crippen molar-refractivity contribution in [2.45, 2.75) is 19.6 Å². The Labute approximate surface area is 108 Å². The third kappa shape index (κ3) is 4.06. The van der Waals surface area contributed by atoms with Crippen molar-refractivity contribution in [3.63, 3.8) is 0 Å². The molecule has 1 unspecified atom stereocenters. The number of aryl methyl sites for hydroxylation is 1. The van der Waals surface area contributed by atoms with Crippen molar-refractivity contribution in [1.29, 1.82) is 0 Å². The van der Waals surface area contributed by atoms with E-state index in [1.165, 1.54) is 6.20 Å². The van der Waals surface area contributed by atoms with E-state index in [0.29, 0.717) is 24.9 Å². The van der Waals surface area contributed by atoms with Crippen molar-refractivity contribution in [3.8, 4) is 5.88 Å². The van der Waals surface area contributed by atoms with Gasteiger partial charge >= 0.3 is 0 Å². The number of ether oxygens (including phenoxy) is 1. The van der Waals surface area contributed by atoms with Crippen LogP contribution in [0.4, 0.5) is 0 Å². The van der Waals surface area contributed by atoms with E-state index in [1.54, 1.807) is 6.20 Å². The predicted octanol–water partition coefficient (Wildman–Crippen LogP) is 0.364. The molecule has 18 heavy (non-hydrogen) atoms. The number of aliphatic hydroxyl groups excluding tert-OH is 1. The molecule has 0 spiro atoms. The monoisotopic (exact) mass is 270 g/mol. The van der Waals surface area contributed by atoms with Crippen molar-refractivity contribution in [1.82, 2.24) is 19.0 Å². The minimum atomic E-state index is -0.622. The van der Waals surface area contributed by atoms with Gasteiger partial charge in [0.05, 0.1) is 24.5 Å². The van der Waals surface area contributed by atoms with Crippen LogP contribution < -0.4 is 10.1 Å². The molecule has 8 heteroatoms. The number of rotatable bonds is 7. The third-order valence-corrected chi connectivity index (χ3v) is 2.55. The second-order valence-corrected chi connectivity index (χ2v) is 4.26. The topological polar surface area (TPSA) is 93.3 Å². The van der Waals surface area contributed by atoms with E-state index in [2.05, 4.69) is 19.0 Å². The maximum atomic E-state index is 9.65. The molecule has 1 atom stereocenters. The Morgan fingerprint density at radius 3 is 3.11 bits per heavy atom. The Balaban J connectivity index is 1.61. The Morgan fingerprint density at radius 1 is 1.56 bits per heavy atom. The van der Waals surface area contributed by atoms with Gasteiger partial charge in [-0.05, 0) is 6.92 Å². The molecular weight excluding hydrogens is 256 g/mol. The van der Waals surface area contributed by atoms with Crippen molar-refractivity contribution in [3.05, 3.63) is 24.0 Å². The van der Waals surface area contributed by atoms with Crippen LogP contribution in [-0.2, 0) is 6.54 Å². The van der Waals surface area contributed by atoms with E-state index in [0.717, 1.165) is 17.5 Å². The van der Waals surface area contributed by atoms with Gasteiger partial charge in [0.25, 0.3) is 0 Å². The minimum absolute atomic E-state index is 0.170. The molecule has 0 aliphatic rings. The molecular formula is C10H14N4O3S. The number of hydrogen-bond acceptors (Lipinski definition) is 8. The van der Waals surface area contributed by atoms with Crippen LogP contribution in [0.2, 0.25) is 0 Å². The second kappa shape index (κ2) is 6.43. The fraction of sp³-hybridized carbons (Fsp3) is 0.500. The van der Waals surface area contributed by atoms with Gasteiger partial charge < -0.3 is 19.6 Å². The van der Waals surface area contributed by atoms with Gasteiger partial charge in [-0.2, -0.15) is 4.37 Å². The maximum absolute atomic E-state index is 9.65. The fourth-order valence-corrected chi connectivity index (χ4v) is 1.65. The summed E-state index contributed by atoms with van der Waals surface area (Å²) >= 11 is 1.07. The highest BCUT2D eigenvalue weighted by Gasteiger charge is 2.07. The van der Waals surface area contributed by atoms with E-state index in [-0.39, 0.29) is 6.61 Å². The van der Waals surface area contributed by atoms with Crippen molar-refractivity contribution >= 4 is 11.7 Å². The summed E-state index contributed by atoms with van der Waals surface area (Å²) in [5.74, 6) is 1.80. The lowest BCUT2D eigenvalue weighted by atomic mass is 10.4. The molecule has 0 bridgehead atoms. The van der Waals surface area contributed by atoms with Gasteiger partial charge in [0.1, 0.15) is 24.7 Å². The molecule has 2 aromatic heterocycles. The number of aliphatic hydroxyl groups is 1. The van der Waals surface area contributed by atoms with Crippen LogP contribution in [0.3, 0.4) is 0 Å². The van der Waals surface area contributed by atoms with Gasteiger partial charge in [-0.25, -0.2) is 4.98 Å². The largest absolute Gasteiger partial charge is 0.473 e. The van der Waals surface area contributed by atoms with Crippen LogP contribution in [0.15, 0.2) is 16.8 Å². The summed E-state index contributed by atoms with van der Waals surface area (Å²) in [6.07, 6.45) is 2.55. The summed E-state index contributed by atoms with van der Waals surface area (Å²) < 4.78 is 18.2. The molecule has 0 aliphatic carbocycles. The second-order valence-electron chi connectivity index (χ2n) is 3.71. The van der Waals surface area contributed by atoms with Crippen LogP contribution in [0.5, 0.6) is 5.88 Å². The summed E-state index contributed by atoms with van der Waals surface area (Å²) in [5.41, 5.74) is 0. The molecule has 2 rings (SSSR count). The van der Waals surface area contributed by atoms with Crippen molar-refractivity contribution in [2.24, 2.45) is 0 Å². The fourth-order valence-electron chi connectivity index (χ4n) is 1.29. The van der Waals surface area contributed by atoms with Gasteiger partial charge in [-0.1, -0.05) is 0 Å². The molecule has 98 valence electrons. The Kier molecular flexibility index (Phi) is 4.62.